The SMILES string of the molecule is CC(=O)Nc1ccc(NC(=O)c2n[nH]c(=O)[nH]2)cc1. The molecule has 0 unspecified atom stereocenters. The summed E-state index contributed by atoms with van der Waals surface area (Å²) in [5, 5.41) is 10.8. The summed E-state index contributed by atoms with van der Waals surface area (Å²) in [7, 11) is 0. The molecule has 0 aliphatic heterocycles. The van der Waals surface area contributed by atoms with Crippen LogP contribution in [-0.2, 0) is 4.79 Å². The Morgan fingerprint density at radius 2 is 1.68 bits per heavy atom. The van der Waals surface area contributed by atoms with Gasteiger partial charge in [0, 0.05) is 18.3 Å². The predicted octanol–water partition coefficient (Wildman–Crippen LogP) is 0.309. The fourth-order valence-electron chi connectivity index (χ4n) is 1.41. The molecule has 1 aromatic heterocycles. The first kappa shape index (κ1) is 12.6. The van der Waals surface area contributed by atoms with Crippen LogP contribution in [0.2, 0.25) is 0 Å². The van der Waals surface area contributed by atoms with Crippen LogP contribution in [0.5, 0.6) is 0 Å². The van der Waals surface area contributed by atoms with E-state index in [9.17, 15) is 14.4 Å². The molecule has 0 atom stereocenters. The van der Waals surface area contributed by atoms with Crippen molar-refractivity contribution < 1.29 is 9.59 Å². The third kappa shape index (κ3) is 3.28. The quantitative estimate of drug-likeness (QED) is 0.635. The molecule has 0 spiro atoms. The summed E-state index contributed by atoms with van der Waals surface area (Å²) in [5.41, 5.74) is 0.591. The van der Waals surface area contributed by atoms with E-state index in [4.69, 9.17) is 0 Å². The lowest BCUT2D eigenvalue weighted by atomic mass is 10.2. The van der Waals surface area contributed by atoms with Gasteiger partial charge in [-0.15, -0.1) is 5.10 Å². The topological polar surface area (TPSA) is 120 Å². The van der Waals surface area contributed by atoms with Gasteiger partial charge in [0.15, 0.2) is 0 Å². The van der Waals surface area contributed by atoms with E-state index in [1.807, 2.05) is 0 Å². The molecule has 8 nitrogen and oxygen atoms in total. The van der Waals surface area contributed by atoms with Gasteiger partial charge in [-0.05, 0) is 24.3 Å². The Labute approximate surface area is 107 Å². The van der Waals surface area contributed by atoms with Gasteiger partial charge in [0.25, 0.3) is 5.91 Å². The van der Waals surface area contributed by atoms with Crippen molar-refractivity contribution in [2.24, 2.45) is 0 Å². The van der Waals surface area contributed by atoms with Crippen molar-refractivity contribution in [1.29, 1.82) is 0 Å². The van der Waals surface area contributed by atoms with Gasteiger partial charge in [0.1, 0.15) is 0 Å². The maximum Gasteiger partial charge on any atom is 0.341 e. The van der Waals surface area contributed by atoms with E-state index >= 15 is 0 Å². The second-order valence-corrected chi connectivity index (χ2v) is 3.74. The van der Waals surface area contributed by atoms with Crippen LogP contribution in [0.1, 0.15) is 17.5 Å². The fourth-order valence-corrected chi connectivity index (χ4v) is 1.41. The Hall–Kier alpha value is -2.90. The minimum Gasteiger partial charge on any atom is -0.326 e. The predicted molar refractivity (Wildman–Crippen MR) is 67.9 cm³/mol. The maximum absolute atomic E-state index is 11.7. The van der Waals surface area contributed by atoms with Gasteiger partial charge in [0.05, 0.1) is 0 Å². The molecule has 0 saturated heterocycles. The molecule has 98 valence electrons. The molecule has 0 bridgehead atoms. The average Bonchev–Trinajstić information content (AvgIpc) is 2.78. The molecule has 8 heteroatoms. The first-order valence-corrected chi connectivity index (χ1v) is 5.38. The highest BCUT2D eigenvalue weighted by Gasteiger charge is 2.09. The number of amides is 2. The number of carbonyl (C=O) groups excluding carboxylic acids is 2. The number of hydrogen-bond acceptors (Lipinski definition) is 4. The molecule has 0 fully saturated rings. The highest BCUT2D eigenvalue weighted by molar-refractivity contribution is 6.01. The number of aromatic amines is 2. The molecular formula is C11H11N5O3. The number of benzene rings is 1. The Morgan fingerprint density at radius 1 is 1.11 bits per heavy atom. The lowest BCUT2D eigenvalue weighted by Gasteiger charge is -2.05. The molecule has 2 rings (SSSR count). The molecule has 1 aromatic carbocycles. The number of aromatic nitrogens is 3. The van der Waals surface area contributed by atoms with Crippen molar-refractivity contribution in [3.63, 3.8) is 0 Å². The molecular weight excluding hydrogens is 250 g/mol. The van der Waals surface area contributed by atoms with E-state index in [0.29, 0.717) is 11.4 Å². The number of carbonyl (C=O) groups is 2. The number of nitrogens with zero attached hydrogens (tertiary/aromatic N) is 1. The van der Waals surface area contributed by atoms with Crippen molar-refractivity contribution >= 4 is 23.2 Å². The Kier molecular flexibility index (Phi) is 3.42. The molecule has 19 heavy (non-hydrogen) atoms. The summed E-state index contributed by atoms with van der Waals surface area (Å²) in [6, 6.07) is 6.52. The zero-order chi connectivity index (χ0) is 13.8. The summed E-state index contributed by atoms with van der Waals surface area (Å²) in [5.74, 6) is -0.813. The van der Waals surface area contributed by atoms with Crippen LogP contribution >= 0.6 is 0 Å². The lowest BCUT2D eigenvalue weighted by Crippen LogP contribution is -2.15. The summed E-state index contributed by atoms with van der Waals surface area (Å²) in [6.07, 6.45) is 0. The second-order valence-electron chi connectivity index (χ2n) is 3.74. The van der Waals surface area contributed by atoms with Gasteiger partial charge < -0.3 is 10.6 Å². The van der Waals surface area contributed by atoms with Gasteiger partial charge in [-0.3, -0.25) is 14.6 Å². The first-order valence-electron chi connectivity index (χ1n) is 5.38. The standard InChI is InChI=1S/C11H11N5O3/c1-6(17)12-7-2-4-8(5-3-7)13-10(18)9-14-11(19)16-15-9/h2-5H,1H3,(H,12,17)(H,13,18)(H2,14,15,16,19). The number of nitrogens with one attached hydrogen (secondary N) is 4. The third-order valence-electron chi connectivity index (χ3n) is 2.18. The molecule has 0 aliphatic rings. The fraction of sp³-hybridized carbons (Fsp3) is 0.0909. The minimum atomic E-state index is -0.550. The van der Waals surface area contributed by atoms with Crippen LogP contribution in [0.25, 0.3) is 0 Å². The van der Waals surface area contributed by atoms with E-state index in [-0.39, 0.29) is 11.7 Å². The van der Waals surface area contributed by atoms with Crippen LogP contribution in [0.4, 0.5) is 11.4 Å². The van der Waals surface area contributed by atoms with E-state index in [1.165, 1.54) is 6.92 Å². The van der Waals surface area contributed by atoms with E-state index in [1.54, 1.807) is 24.3 Å². The number of H-pyrrole nitrogens is 2. The second kappa shape index (κ2) is 5.17. The van der Waals surface area contributed by atoms with Crippen molar-refractivity contribution in [3.8, 4) is 0 Å². The summed E-state index contributed by atoms with van der Waals surface area (Å²) in [4.78, 5) is 35.5. The average molecular weight is 261 g/mol. The highest BCUT2D eigenvalue weighted by atomic mass is 16.2. The third-order valence-corrected chi connectivity index (χ3v) is 2.18. The van der Waals surface area contributed by atoms with E-state index < -0.39 is 11.6 Å². The Balaban J connectivity index is 2.05. The first-order chi connectivity index (χ1) is 9.04. The Morgan fingerprint density at radius 3 is 2.16 bits per heavy atom. The lowest BCUT2D eigenvalue weighted by molar-refractivity contribution is -0.114. The largest absolute Gasteiger partial charge is 0.341 e. The number of anilines is 2. The van der Waals surface area contributed by atoms with Crippen molar-refractivity contribution in [2.75, 3.05) is 10.6 Å². The van der Waals surface area contributed by atoms with Gasteiger partial charge >= 0.3 is 5.69 Å². The van der Waals surface area contributed by atoms with Gasteiger partial charge in [-0.2, -0.15) is 0 Å². The minimum absolute atomic E-state index is 0.101. The number of hydrogen-bond donors (Lipinski definition) is 4. The van der Waals surface area contributed by atoms with Crippen LogP contribution < -0.4 is 16.3 Å². The van der Waals surface area contributed by atoms with Crippen LogP contribution in [-0.4, -0.2) is 27.0 Å². The van der Waals surface area contributed by atoms with Crippen molar-refractivity contribution in [1.82, 2.24) is 15.2 Å². The molecule has 0 aliphatic carbocycles. The molecule has 4 N–H and O–H groups in total. The van der Waals surface area contributed by atoms with E-state index in [0.717, 1.165) is 0 Å². The molecule has 1 heterocycles. The smallest absolute Gasteiger partial charge is 0.326 e. The number of rotatable bonds is 3. The van der Waals surface area contributed by atoms with Gasteiger partial charge in [0.2, 0.25) is 11.7 Å². The Bertz CT molecular complexity index is 655. The highest BCUT2D eigenvalue weighted by Crippen LogP contribution is 2.13. The van der Waals surface area contributed by atoms with Crippen LogP contribution in [0, 0.1) is 0 Å². The maximum atomic E-state index is 11.7. The van der Waals surface area contributed by atoms with Gasteiger partial charge in [-0.1, -0.05) is 0 Å². The van der Waals surface area contributed by atoms with Crippen molar-refractivity contribution in [2.45, 2.75) is 6.92 Å². The molecule has 2 aromatic rings. The molecule has 2 amide bonds. The molecule has 0 radical (unpaired) electrons. The zero-order valence-electron chi connectivity index (χ0n) is 9.98. The van der Waals surface area contributed by atoms with Crippen LogP contribution in [0.15, 0.2) is 29.1 Å². The normalized spacial score (nSPS) is 9.95. The zero-order valence-corrected chi connectivity index (χ0v) is 9.98. The van der Waals surface area contributed by atoms with Crippen LogP contribution in [0.3, 0.4) is 0 Å². The summed E-state index contributed by atoms with van der Waals surface area (Å²) in [6.45, 7) is 1.41. The van der Waals surface area contributed by atoms with E-state index in [2.05, 4.69) is 25.8 Å². The summed E-state index contributed by atoms with van der Waals surface area (Å²) < 4.78 is 0. The molecule has 0 saturated carbocycles. The monoisotopic (exact) mass is 261 g/mol. The van der Waals surface area contributed by atoms with Crippen molar-refractivity contribution in [3.05, 3.63) is 40.6 Å². The van der Waals surface area contributed by atoms with Gasteiger partial charge in [-0.25, -0.2) is 9.89 Å². The summed E-state index contributed by atoms with van der Waals surface area (Å²) >= 11 is 0.